The monoisotopic (exact) mass is 517 g/mol. The summed E-state index contributed by atoms with van der Waals surface area (Å²) < 4.78 is 28.6. The van der Waals surface area contributed by atoms with Crippen LogP contribution in [0.2, 0.25) is 15.1 Å². The maximum absolute atomic E-state index is 13.2. The smallest absolute Gasteiger partial charge is 0.262 e. The Morgan fingerprint density at radius 1 is 1.04 bits per heavy atom. The molecule has 0 spiro atoms. The highest BCUT2D eigenvalue weighted by molar-refractivity contribution is 14.1. The molecule has 1 atom stereocenters. The predicted octanol–water partition coefficient (Wildman–Crippen LogP) is 6.06. The Labute approximate surface area is 171 Å². The molecule has 0 aromatic heterocycles. The Kier molecular flexibility index (Phi) is 7.08. The van der Waals surface area contributed by atoms with Crippen LogP contribution in [0.4, 0.5) is 5.69 Å². The highest BCUT2D eigenvalue weighted by Crippen LogP contribution is 2.35. The van der Waals surface area contributed by atoms with Crippen molar-refractivity contribution in [1.82, 2.24) is 0 Å². The van der Waals surface area contributed by atoms with E-state index in [1.54, 1.807) is 30.3 Å². The lowest BCUT2D eigenvalue weighted by Gasteiger charge is -2.31. The van der Waals surface area contributed by atoms with E-state index >= 15 is 0 Å². The van der Waals surface area contributed by atoms with Gasteiger partial charge in [-0.2, -0.15) is 0 Å². The van der Waals surface area contributed by atoms with Gasteiger partial charge in [-0.15, -0.1) is 0 Å². The van der Waals surface area contributed by atoms with Crippen molar-refractivity contribution in [2.24, 2.45) is 0 Å². The first kappa shape index (κ1) is 20.1. The van der Waals surface area contributed by atoms with Gasteiger partial charge in [0.05, 0.1) is 15.6 Å². The summed E-state index contributed by atoms with van der Waals surface area (Å²) in [5.74, 6) is 0. The van der Waals surface area contributed by atoms with E-state index in [1.807, 2.05) is 6.92 Å². The van der Waals surface area contributed by atoms with Gasteiger partial charge in [0.1, 0.15) is 0 Å². The van der Waals surface area contributed by atoms with Crippen molar-refractivity contribution in [1.29, 1.82) is 0 Å². The van der Waals surface area contributed by atoms with E-state index < -0.39 is 10.0 Å². The van der Waals surface area contributed by atoms with Crippen LogP contribution in [0.25, 0.3) is 0 Å². The minimum absolute atomic E-state index is 0.156. The minimum atomic E-state index is -3.80. The number of hydrogen-bond donors (Lipinski definition) is 0. The van der Waals surface area contributed by atoms with E-state index in [4.69, 9.17) is 34.8 Å². The second kappa shape index (κ2) is 8.45. The Bertz CT molecular complexity index is 813. The summed E-state index contributed by atoms with van der Waals surface area (Å²) in [7, 11) is -3.80. The molecule has 0 heterocycles. The molecule has 0 saturated carbocycles. The van der Waals surface area contributed by atoms with E-state index in [0.29, 0.717) is 27.2 Å². The summed E-state index contributed by atoms with van der Waals surface area (Å²) in [5, 5.41) is 1.23. The molecule has 0 saturated heterocycles. The molecular weight excluding hydrogens is 504 g/mol. The van der Waals surface area contributed by atoms with E-state index in [-0.39, 0.29) is 10.9 Å². The number of rotatable bonds is 6. The highest BCUT2D eigenvalue weighted by Gasteiger charge is 2.30. The fraction of sp³-hybridized carbons (Fsp3) is 0.250. The molecule has 1 unspecified atom stereocenters. The number of sulfonamides is 1. The molecular formula is C16H15Cl3INO2S. The summed E-state index contributed by atoms with van der Waals surface area (Å²) in [6, 6.07) is 10.6. The predicted molar refractivity (Wildman–Crippen MR) is 111 cm³/mol. The summed E-state index contributed by atoms with van der Waals surface area (Å²) in [6.45, 7) is 1.85. The van der Waals surface area contributed by atoms with Gasteiger partial charge in [-0.25, -0.2) is 8.42 Å². The molecule has 3 nitrogen and oxygen atoms in total. The topological polar surface area (TPSA) is 37.4 Å². The molecule has 0 radical (unpaired) electrons. The quantitative estimate of drug-likeness (QED) is 0.345. The highest BCUT2D eigenvalue weighted by atomic mass is 127. The Hall–Kier alpha value is -0.210. The average molecular weight is 519 g/mol. The molecule has 2 aromatic rings. The van der Waals surface area contributed by atoms with Gasteiger partial charge in [-0.1, -0.05) is 57.4 Å². The Morgan fingerprint density at radius 3 is 2.21 bits per heavy atom. The molecule has 0 aliphatic heterocycles. The second-order valence-electron chi connectivity index (χ2n) is 5.18. The zero-order valence-corrected chi connectivity index (χ0v) is 18.0. The number of halogens is 4. The van der Waals surface area contributed by atoms with Crippen molar-refractivity contribution in [3.63, 3.8) is 0 Å². The lowest BCUT2D eigenvalue weighted by Crippen LogP contribution is -2.39. The molecule has 2 aromatic carbocycles. The summed E-state index contributed by atoms with van der Waals surface area (Å²) in [5.41, 5.74) is 0.372. The van der Waals surface area contributed by atoms with Crippen molar-refractivity contribution in [3.05, 3.63) is 57.5 Å². The van der Waals surface area contributed by atoms with Gasteiger partial charge >= 0.3 is 0 Å². The van der Waals surface area contributed by atoms with E-state index in [0.717, 1.165) is 4.43 Å². The van der Waals surface area contributed by atoms with Crippen molar-refractivity contribution >= 4 is 73.1 Å². The molecule has 0 N–H and O–H groups in total. The molecule has 0 aliphatic rings. The minimum Gasteiger partial charge on any atom is -0.262 e. The first-order valence-electron chi connectivity index (χ1n) is 7.08. The van der Waals surface area contributed by atoms with Gasteiger partial charge in [0.25, 0.3) is 10.0 Å². The SMILES string of the molecule is CC(CCI)N(c1cc(Cl)ccc1Cl)S(=O)(=O)c1ccc(Cl)cc1. The van der Waals surface area contributed by atoms with Gasteiger partial charge in [-0.3, -0.25) is 4.31 Å². The summed E-state index contributed by atoms with van der Waals surface area (Å²) >= 11 is 20.4. The molecule has 24 heavy (non-hydrogen) atoms. The Balaban J connectivity index is 2.61. The van der Waals surface area contributed by atoms with Crippen molar-refractivity contribution < 1.29 is 8.42 Å². The van der Waals surface area contributed by atoms with Gasteiger partial charge in [0.15, 0.2) is 0 Å². The van der Waals surface area contributed by atoms with Crippen molar-refractivity contribution in [2.75, 3.05) is 8.73 Å². The number of benzene rings is 2. The molecule has 8 heteroatoms. The van der Waals surface area contributed by atoms with E-state index in [9.17, 15) is 8.42 Å². The molecule has 0 aliphatic carbocycles. The van der Waals surface area contributed by atoms with E-state index in [2.05, 4.69) is 22.6 Å². The molecule has 0 fully saturated rings. The fourth-order valence-electron chi connectivity index (χ4n) is 2.25. The number of hydrogen-bond acceptors (Lipinski definition) is 2. The first-order valence-corrected chi connectivity index (χ1v) is 11.2. The van der Waals surface area contributed by atoms with Gasteiger partial charge < -0.3 is 0 Å². The van der Waals surface area contributed by atoms with Crippen LogP contribution in [0.3, 0.4) is 0 Å². The van der Waals surface area contributed by atoms with Crippen LogP contribution < -0.4 is 4.31 Å². The van der Waals surface area contributed by atoms with Crippen LogP contribution in [-0.4, -0.2) is 18.9 Å². The van der Waals surface area contributed by atoms with Crippen LogP contribution in [-0.2, 0) is 10.0 Å². The summed E-state index contributed by atoms with van der Waals surface area (Å²) in [4.78, 5) is 0.156. The zero-order valence-electron chi connectivity index (χ0n) is 12.7. The third kappa shape index (κ3) is 4.49. The standard InChI is InChI=1S/C16H15Cl3INO2S/c1-11(8-9-20)21(16-10-13(18)4-7-15(16)19)24(22,23)14-5-2-12(17)3-6-14/h2-7,10-11H,8-9H2,1H3. The maximum Gasteiger partial charge on any atom is 0.264 e. The van der Waals surface area contributed by atoms with Crippen LogP contribution >= 0.6 is 57.4 Å². The van der Waals surface area contributed by atoms with Crippen LogP contribution in [0.5, 0.6) is 0 Å². The van der Waals surface area contributed by atoms with E-state index in [1.165, 1.54) is 16.4 Å². The van der Waals surface area contributed by atoms with Crippen LogP contribution in [0, 0.1) is 0 Å². The van der Waals surface area contributed by atoms with Gasteiger partial charge in [-0.05, 0) is 55.8 Å². The average Bonchev–Trinajstić information content (AvgIpc) is 2.51. The van der Waals surface area contributed by atoms with Gasteiger partial charge in [0, 0.05) is 20.5 Å². The first-order chi connectivity index (χ1) is 11.3. The largest absolute Gasteiger partial charge is 0.264 e. The number of alkyl halides is 1. The summed E-state index contributed by atoms with van der Waals surface area (Å²) in [6.07, 6.45) is 0.677. The number of nitrogens with zero attached hydrogens (tertiary/aromatic N) is 1. The third-order valence-electron chi connectivity index (χ3n) is 3.44. The second-order valence-corrected chi connectivity index (χ2v) is 9.35. The number of anilines is 1. The molecule has 0 bridgehead atoms. The molecule has 2 rings (SSSR count). The molecule has 0 amide bonds. The lowest BCUT2D eigenvalue weighted by atomic mass is 10.2. The zero-order chi connectivity index (χ0) is 17.9. The molecule has 130 valence electrons. The van der Waals surface area contributed by atoms with Crippen molar-refractivity contribution in [2.45, 2.75) is 24.3 Å². The van der Waals surface area contributed by atoms with Crippen molar-refractivity contribution in [3.8, 4) is 0 Å². The fourth-order valence-corrected chi connectivity index (χ4v) is 5.40. The van der Waals surface area contributed by atoms with Crippen LogP contribution in [0.15, 0.2) is 47.4 Å². The maximum atomic E-state index is 13.2. The lowest BCUT2D eigenvalue weighted by molar-refractivity contribution is 0.578. The van der Waals surface area contributed by atoms with Crippen LogP contribution in [0.1, 0.15) is 13.3 Å². The van der Waals surface area contributed by atoms with Gasteiger partial charge in [0.2, 0.25) is 0 Å². The third-order valence-corrected chi connectivity index (χ3v) is 6.82. The Morgan fingerprint density at radius 2 is 1.62 bits per heavy atom. The normalized spacial score (nSPS) is 12.9.